The Bertz CT molecular complexity index is 202. The minimum Gasteiger partial charge on any atom is -0.330 e. The van der Waals surface area contributed by atoms with Gasteiger partial charge in [-0.15, -0.1) is 0 Å². The Morgan fingerprint density at radius 2 is 1.94 bits per heavy atom. The molecule has 0 aromatic rings. The van der Waals surface area contributed by atoms with Crippen LogP contribution in [-0.2, 0) is 0 Å². The van der Waals surface area contributed by atoms with Gasteiger partial charge in [-0.1, -0.05) is 6.92 Å². The van der Waals surface area contributed by atoms with E-state index in [1.807, 2.05) is 4.90 Å². The van der Waals surface area contributed by atoms with Gasteiger partial charge in [-0.05, 0) is 38.9 Å². The number of nitrogens with two attached hydrogens (primary N) is 1. The second-order valence-corrected chi connectivity index (χ2v) is 4.72. The third-order valence-corrected chi connectivity index (χ3v) is 3.51. The standard InChI is InChI=1S/C12H25F2N3/c1-2-11(4-5-15)17-7-3-6-16(8-9-17)10-12(13)14/h11-12H,2-10,15H2,1H3. The third-order valence-electron chi connectivity index (χ3n) is 3.51. The molecule has 1 fully saturated rings. The third kappa shape index (κ3) is 5.27. The zero-order valence-electron chi connectivity index (χ0n) is 10.7. The van der Waals surface area contributed by atoms with Gasteiger partial charge in [0.05, 0.1) is 6.54 Å². The Hall–Kier alpha value is -0.260. The molecule has 0 radical (unpaired) electrons. The molecule has 1 atom stereocenters. The molecule has 1 unspecified atom stereocenters. The zero-order valence-corrected chi connectivity index (χ0v) is 10.7. The molecular formula is C12H25F2N3. The van der Waals surface area contributed by atoms with Crippen molar-refractivity contribution in [1.82, 2.24) is 9.80 Å². The molecular weight excluding hydrogens is 224 g/mol. The molecule has 0 aromatic heterocycles. The van der Waals surface area contributed by atoms with Gasteiger partial charge in [-0.2, -0.15) is 0 Å². The number of hydrogen-bond acceptors (Lipinski definition) is 3. The van der Waals surface area contributed by atoms with E-state index in [2.05, 4.69) is 11.8 Å². The molecule has 1 aliphatic heterocycles. The number of hydrogen-bond donors (Lipinski definition) is 1. The molecule has 1 rings (SSSR count). The molecule has 1 aliphatic rings. The van der Waals surface area contributed by atoms with E-state index in [1.165, 1.54) is 0 Å². The van der Waals surface area contributed by atoms with Crippen LogP contribution < -0.4 is 5.73 Å². The summed E-state index contributed by atoms with van der Waals surface area (Å²) >= 11 is 0. The van der Waals surface area contributed by atoms with Gasteiger partial charge in [0.25, 0.3) is 6.43 Å². The van der Waals surface area contributed by atoms with Gasteiger partial charge in [0.2, 0.25) is 0 Å². The highest BCUT2D eigenvalue weighted by Crippen LogP contribution is 2.13. The van der Waals surface area contributed by atoms with Crippen LogP contribution in [-0.4, -0.2) is 61.5 Å². The highest BCUT2D eigenvalue weighted by Gasteiger charge is 2.21. The van der Waals surface area contributed by atoms with Crippen LogP contribution in [0.2, 0.25) is 0 Å². The summed E-state index contributed by atoms with van der Waals surface area (Å²) in [4.78, 5) is 4.29. The van der Waals surface area contributed by atoms with Crippen molar-refractivity contribution < 1.29 is 8.78 Å². The van der Waals surface area contributed by atoms with Crippen molar-refractivity contribution in [2.75, 3.05) is 39.3 Å². The van der Waals surface area contributed by atoms with Crippen molar-refractivity contribution in [3.63, 3.8) is 0 Å². The maximum atomic E-state index is 12.3. The van der Waals surface area contributed by atoms with Crippen LogP contribution in [0.25, 0.3) is 0 Å². The summed E-state index contributed by atoms with van der Waals surface area (Å²) in [6.07, 6.45) is 0.859. The normalized spacial score (nSPS) is 21.7. The monoisotopic (exact) mass is 249 g/mol. The summed E-state index contributed by atoms with van der Waals surface area (Å²) in [6.45, 7) is 6.24. The predicted octanol–water partition coefficient (Wildman–Crippen LogP) is 1.39. The Labute approximate surface area is 103 Å². The fraction of sp³-hybridized carbons (Fsp3) is 1.00. The Morgan fingerprint density at radius 1 is 1.18 bits per heavy atom. The highest BCUT2D eigenvalue weighted by molar-refractivity contribution is 4.76. The molecule has 5 heteroatoms. The lowest BCUT2D eigenvalue weighted by Crippen LogP contribution is -2.39. The lowest BCUT2D eigenvalue weighted by atomic mass is 10.1. The number of nitrogens with zero attached hydrogens (tertiary/aromatic N) is 2. The summed E-state index contributed by atoms with van der Waals surface area (Å²) in [5, 5.41) is 0. The molecule has 3 nitrogen and oxygen atoms in total. The minimum absolute atomic E-state index is 0.0818. The topological polar surface area (TPSA) is 32.5 Å². The maximum absolute atomic E-state index is 12.3. The van der Waals surface area contributed by atoms with Gasteiger partial charge in [0.1, 0.15) is 0 Å². The molecule has 0 aliphatic carbocycles. The first-order chi connectivity index (χ1) is 8.17. The average molecular weight is 249 g/mol. The first-order valence-electron chi connectivity index (χ1n) is 6.62. The van der Waals surface area contributed by atoms with Gasteiger partial charge >= 0.3 is 0 Å². The SMILES string of the molecule is CCC(CCN)N1CCCN(CC(F)F)CC1. The molecule has 2 N–H and O–H groups in total. The van der Waals surface area contributed by atoms with Crippen LogP contribution in [0.15, 0.2) is 0 Å². The molecule has 102 valence electrons. The zero-order chi connectivity index (χ0) is 12.7. The average Bonchev–Trinajstić information content (AvgIpc) is 2.51. The number of rotatable bonds is 6. The number of alkyl halides is 2. The largest absolute Gasteiger partial charge is 0.330 e. The van der Waals surface area contributed by atoms with Crippen molar-refractivity contribution in [3.05, 3.63) is 0 Å². The van der Waals surface area contributed by atoms with Crippen molar-refractivity contribution in [2.24, 2.45) is 5.73 Å². The van der Waals surface area contributed by atoms with E-state index in [-0.39, 0.29) is 6.54 Å². The van der Waals surface area contributed by atoms with E-state index in [0.29, 0.717) is 12.6 Å². The fourth-order valence-electron chi connectivity index (χ4n) is 2.57. The molecule has 1 heterocycles. The Kier molecular flexibility index (Phi) is 6.92. The molecule has 0 saturated carbocycles. The molecule has 0 spiro atoms. The smallest absolute Gasteiger partial charge is 0.251 e. The fourth-order valence-corrected chi connectivity index (χ4v) is 2.57. The van der Waals surface area contributed by atoms with Gasteiger partial charge in [-0.25, -0.2) is 8.78 Å². The van der Waals surface area contributed by atoms with Gasteiger partial charge in [0.15, 0.2) is 0 Å². The second kappa shape index (κ2) is 7.95. The van der Waals surface area contributed by atoms with Gasteiger partial charge in [0, 0.05) is 19.1 Å². The van der Waals surface area contributed by atoms with Crippen LogP contribution in [0, 0.1) is 0 Å². The van der Waals surface area contributed by atoms with Crippen molar-refractivity contribution in [2.45, 2.75) is 38.7 Å². The molecule has 1 saturated heterocycles. The van der Waals surface area contributed by atoms with Crippen LogP contribution in [0.1, 0.15) is 26.2 Å². The van der Waals surface area contributed by atoms with Crippen LogP contribution in [0.4, 0.5) is 8.78 Å². The van der Waals surface area contributed by atoms with E-state index in [0.717, 1.165) is 45.4 Å². The lowest BCUT2D eigenvalue weighted by molar-refractivity contribution is 0.0884. The van der Waals surface area contributed by atoms with E-state index in [1.54, 1.807) is 0 Å². The number of halogens is 2. The minimum atomic E-state index is -2.22. The van der Waals surface area contributed by atoms with E-state index < -0.39 is 6.43 Å². The van der Waals surface area contributed by atoms with Crippen molar-refractivity contribution in [1.29, 1.82) is 0 Å². The van der Waals surface area contributed by atoms with Crippen LogP contribution in [0.3, 0.4) is 0 Å². The van der Waals surface area contributed by atoms with Crippen LogP contribution >= 0.6 is 0 Å². The Morgan fingerprint density at radius 3 is 2.53 bits per heavy atom. The molecule has 0 aromatic carbocycles. The van der Waals surface area contributed by atoms with Gasteiger partial charge < -0.3 is 5.73 Å². The summed E-state index contributed by atoms with van der Waals surface area (Å²) in [7, 11) is 0. The van der Waals surface area contributed by atoms with E-state index in [9.17, 15) is 8.78 Å². The second-order valence-electron chi connectivity index (χ2n) is 4.72. The molecule has 17 heavy (non-hydrogen) atoms. The quantitative estimate of drug-likeness (QED) is 0.772. The molecule has 0 bridgehead atoms. The highest BCUT2D eigenvalue weighted by atomic mass is 19.3. The predicted molar refractivity (Wildman–Crippen MR) is 66.4 cm³/mol. The van der Waals surface area contributed by atoms with Crippen LogP contribution in [0.5, 0.6) is 0 Å². The molecule has 0 amide bonds. The van der Waals surface area contributed by atoms with E-state index in [4.69, 9.17) is 5.73 Å². The van der Waals surface area contributed by atoms with Crippen molar-refractivity contribution >= 4 is 0 Å². The summed E-state index contributed by atoms with van der Waals surface area (Å²) < 4.78 is 24.6. The van der Waals surface area contributed by atoms with E-state index >= 15 is 0 Å². The summed E-state index contributed by atoms with van der Waals surface area (Å²) in [6, 6.07) is 0.520. The van der Waals surface area contributed by atoms with Crippen molar-refractivity contribution in [3.8, 4) is 0 Å². The lowest BCUT2D eigenvalue weighted by Gasteiger charge is -2.29. The first-order valence-corrected chi connectivity index (χ1v) is 6.62. The summed E-state index contributed by atoms with van der Waals surface area (Å²) in [5.74, 6) is 0. The maximum Gasteiger partial charge on any atom is 0.251 e. The van der Waals surface area contributed by atoms with Gasteiger partial charge in [-0.3, -0.25) is 9.80 Å². The Balaban J connectivity index is 2.40. The summed E-state index contributed by atoms with van der Waals surface area (Å²) in [5.41, 5.74) is 5.61. The first kappa shape index (κ1) is 14.8.